The van der Waals surface area contributed by atoms with Crippen LogP contribution in [0.4, 0.5) is 0 Å². The molecule has 3 aromatic rings. The van der Waals surface area contributed by atoms with Gasteiger partial charge >= 0.3 is 0 Å². The Labute approximate surface area is 128 Å². The third-order valence-corrected chi connectivity index (χ3v) is 3.63. The van der Waals surface area contributed by atoms with Crippen LogP contribution in [0, 0.1) is 20.8 Å². The fourth-order valence-electron chi connectivity index (χ4n) is 2.39. The van der Waals surface area contributed by atoms with E-state index in [0.29, 0.717) is 5.88 Å². The Morgan fingerprint density at radius 2 is 1.71 bits per heavy atom. The van der Waals surface area contributed by atoms with Gasteiger partial charge in [0, 0.05) is 5.56 Å². The van der Waals surface area contributed by atoms with Crippen LogP contribution in [-0.4, -0.2) is 24.5 Å². The molecule has 0 aliphatic rings. The molecule has 108 valence electrons. The molecule has 0 unspecified atom stereocenters. The van der Waals surface area contributed by atoms with Crippen LogP contribution in [0.15, 0.2) is 30.3 Å². The van der Waals surface area contributed by atoms with Crippen LogP contribution in [0.5, 0.6) is 0 Å². The number of hydrogen-bond donors (Lipinski definition) is 0. The van der Waals surface area contributed by atoms with E-state index in [2.05, 4.69) is 15.2 Å². The first kappa shape index (κ1) is 13.8. The number of hydrogen-bond acceptors (Lipinski definition) is 3. The number of benzene rings is 1. The average Bonchev–Trinajstić information content (AvgIpc) is 2.98. The fraction of sp³-hybridized carbons (Fsp3) is 0.267. The van der Waals surface area contributed by atoms with Gasteiger partial charge in [0.1, 0.15) is 11.6 Å². The molecule has 1 aromatic carbocycles. The molecule has 2 heterocycles. The maximum Gasteiger partial charge on any atom is 0.163 e. The lowest BCUT2D eigenvalue weighted by molar-refractivity contribution is 0.736. The lowest BCUT2D eigenvalue weighted by atomic mass is 10.2. The van der Waals surface area contributed by atoms with Gasteiger partial charge in [-0.2, -0.15) is 9.78 Å². The average molecular weight is 302 g/mol. The van der Waals surface area contributed by atoms with Crippen LogP contribution < -0.4 is 0 Å². The number of alkyl halides is 1. The van der Waals surface area contributed by atoms with Gasteiger partial charge in [0.25, 0.3) is 0 Å². The fourth-order valence-corrected chi connectivity index (χ4v) is 2.71. The molecular formula is C15H16ClN5. The Hall–Kier alpha value is -2.14. The molecule has 0 atom stereocenters. The first-order valence-corrected chi connectivity index (χ1v) is 7.25. The molecule has 5 nitrogen and oxygen atoms in total. The Balaban J connectivity index is 2.30. The predicted molar refractivity (Wildman–Crippen MR) is 82.2 cm³/mol. The Morgan fingerprint density at radius 3 is 2.29 bits per heavy atom. The molecule has 3 rings (SSSR count). The van der Waals surface area contributed by atoms with Crippen LogP contribution in [0.25, 0.3) is 11.5 Å². The Kier molecular flexibility index (Phi) is 3.51. The summed E-state index contributed by atoms with van der Waals surface area (Å²) in [5, 5.41) is 9.10. The van der Waals surface area contributed by atoms with Gasteiger partial charge in [0.15, 0.2) is 5.82 Å². The van der Waals surface area contributed by atoms with Gasteiger partial charge in [-0.3, -0.25) is 0 Å². The van der Waals surface area contributed by atoms with E-state index >= 15 is 0 Å². The zero-order valence-corrected chi connectivity index (χ0v) is 13.0. The highest BCUT2D eigenvalue weighted by atomic mass is 35.5. The van der Waals surface area contributed by atoms with E-state index in [4.69, 9.17) is 11.6 Å². The minimum atomic E-state index is 0.381. The van der Waals surface area contributed by atoms with Gasteiger partial charge in [-0.15, -0.1) is 16.7 Å². The number of aromatic nitrogens is 5. The highest BCUT2D eigenvalue weighted by molar-refractivity contribution is 6.17. The molecule has 0 amide bonds. The van der Waals surface area contributed by atoms with Crippen LogP contribution in [0.3, 0.4) is 0 Å². The van der Waals surface area contributed by atoms with Crippen LogP contribution >= 0.6 is 11.6 Å². The van der Waals surface area contributed by atoms with Crippen LogP contribution in [-0.2, 0) is 5.88 Å². The summed E-state index contributed by atoms with van der Waals surface area (Å²) in [4.78, 5) is 4.37. The molecule has 0 radical (unpaired) electrons. The van der Waals surface area contributed by atoms with Crippen molar-refractivity contribution in [3.8, 4) is 11.5 Å². The van der Waals surface area contributed by atoms with Crippen molar-refractivity contribution < 1.29 is 0 Å². The second-order valence-electron chi connectivity index (χ2n) is 4.89. The van der Waals surface area contributed by atoms with E-state index in [0.717, 1.165) is 34.4 Å². The molecule has 2 aromatic heterocycles. The van der Waals surface area contributed by atoms with Crippen molar-refractivity contribution in [2.24, 2.45) is 0 Å². The van der Waals surface area contributed by atoms with E-state index in [-0.39, 0.29) is 0 Å². The standard InChI is InChI=1S/C15H16ClN5/c1-10-14(9-16)15(20-12(3)17-11(2)19-20)21(18-10)13-7-5-4-6-8-13/h4-8H,9H2,1-3H3. The second-order valence-corrected chi connectivity index (χ2v) is 5.15. The zero-order chi connectivity index (χ0) is 15.0. The molecule has 0 N–H and O–H groups in total. The molecule has 0 saturated heterocycles. The molecule has 0 aliphatic heterocycles. The number of nitrogens with zero attached hydrogens (tertiary/aromatic N) is 5. The molecule has 0 fully saturated rings. The molecule has 6 heteroatoms. The Morgan fingerprint density at radius 1 is 1.00 bits per heavy atom. The molecular weight excluding hydrogens is 286 g/mol. The van der Waals surface area contributed by atoms with Gasteiger partial charge < -0.3 is 0 Å². The zero-order valence-electron chi connectivity index (χ0n) is 12.2. The normalized spacial score (nSPS) is 11.0. The van der Waals surface area contributed by atoms with Gasteiger partial charge in [-0.25, -0.2) is 9.67 Å². The summed E-state index contributed by atoms with van der Waals surface area (Å²) in [7, 11) is 0. The van der Waals surface area contributed by atoms with Crippen molar-refractivity contribution in [2.75, 3.05) is 0 Å². The third kappa shape index (κ3) is 2.34. The second kappa shape index (κ2) is 5.33. The summed E-state index contributed by atoms with van der Waals surface area (Å²) in [6.45, 7) is 5.76. The molecule has 0 saturated carbocycles. The minimum absolute atomic E-state index is 0.381. The van der Waals surface area contributed by atoms with Crippen molar-refractivity contribution in [1.82, 2.24) is 24.5 Å². The first-order valence-electron chi connectivity index (χ1n) is 6.72. The maximum atomic E-state index is 6.13. The summed E-state index contributed by atoms with van der Waals surface area (Å²) in [6.07, 6.45) is 0. The SMILES string of the molecule is Cc1nc(C)n(-c2c(CCl)c(C)nn2-c2ccccc2)n1. The number of rotatable bonds is 3. The van der Waals surface area contributed by atoms with E-state index < -0.39 is 0 Å². The summed E-state index contributed by atoms with van der Waals surface area (Å²) in [6, 6.07) is 9.96. The first-order chi connectivity index (χ1) is 10.1. The van der Waals surface area contributed by atoms with E-state index in [9.17, 15) is 0 Å². The summed E-state index contributed by atoms with van der Waals surface area (Å²) in [5.74, 6) is 2.78. The van der Waals surface area contributed by atoms with Gasteiger partial charge in [-0.1, -0.05) is 18.2 Å². The monoisotopic (exact) mass is 301 g/mol. The van der Waals surface area contributed by atoms with E-state index in [1.165, 1.54) is 0 Å². The van der Waals surface area contributed by atoms with E-state index in [1.54, 1.807) is 4.68 Å². The number of halogens is 1. The van der Waals surface area contributed by atoms with Gasteiger partial charge in [0.2, 0.25) is 0 Å². The highest BCUT2D eigenvalue weighted by Gasteiger charge is 2.20. The van der Waals surface area contributed by atoms with Crippen molar-refractivity contribution >= 4 is 11.6 Å². The molecule has 0 bridgehead atoms. The minimum Gasteiger partial charge on any atom is -0.217 e. The van der Waals surface area contributed by atoms with Crippen molar-refractivity contribution in [1.29, 1.82) is 0 Å². The lowest BCUT2D eigenvalue weighted by Crippen LogP contribution is -2.10. The van der Waals surface area contributed by atoms with Crippen molar-refractivity contribution in [2.45, 2.75) is 26.7 Å². The number of aryl methyl sites for hydroxylation is 3. The maximum absolute atomic E-state index is 6.13. The van der Waals surface area contributed by atoms with Crippen LogP contribution in [0.1, 0.15) is 22.9 Å². The molecule has 0 spiro atoms. The van der Waals surface area contributed by atoms with Gasteiger partial charge in [-0.05, 0) is 32.9 Å². The van der Waals surface area contributed by atoms with E-state index in [1.807, 2.05) is 55.8 Å². The highest BCUT2D eigenvalue weighted by Crippen LogP contribution is 2.24. The van der Waals surface area contributed by atoms with Gasteiger partial charge in [0.05, 0.1) is 17.3 Å². The van der Waals surface area contributed by atoms with Crippen LogP contribution in [0.2, 0.25) is 0 Å². The molecule has 0 aliphatic carbocycles. The molecule has 21 heavy (non-hydrogen) atoms. The summed E-state index contributed by atoms with van der Waals surface area (Å²) >= 11 is 6.13. The van der Waals surface area contributed by atoms with Crippen molar-refractivity contribution in [3.63, 3.8) is 0 Å². The summed E-state index contributed by atoms with van der Waals surface area (Å²) in [5.41, 5.74) is 2.84. The largest absolute Gasteiger partial charge is 0.217 e. The predicted octanol–water partition coefficient (Wildman–Crippen LogP) is 3.12. The smallest absolute Gasteiger partial charge is 0.163 e. The third-order valence-electron chi connectivity index (χ3n) is 3.37. The summed E-state index contributed by atoms with van der Waals surface area (Å²) < 4.78 is 3.67. The van der Waals surface area contributed by atoms with Crippen molar-refractivity contribution in [3.05, 3.63) is 53.2 Å². The lowest BCUT2D eigenvalue weighted by Gasteiger charge is -2.09. The number of para-hydroxylation sites is 1. The Bertz CT molecular complexity index is 773. The quantitative estimate of drug-likeness (QED) is 0.698. The topological polar surface area (TPSA) is 48.5 Å².